The third-order valence-corrected chi connectivity index (χ3v) is 4.88. The molecule has 0 radical (unpaired) electrons. The molecule has 1 aromatic heterocycles. The fourth-order valence-electron chi connectivity index (χ4n) is 3.59. The van der Waals surface area contributed by atoms with Gasteiger partial charge in [-0.1, -0.05) is 36.4 Å². The van der Waals surface area contributed by atoms with Crippen LogP contribution in [0.3, 0.4) is 0 Å². The van der Waals surface area contributed by atoms with Gasteiger partial charge in [-0.3, -0.25) is 19.6 Å². The van der Waals surface area contributed by atoms with E-state index >= 15 is 0 Å². The van der Waals surface area contributed by atoms with Gasteiger partial charge in [-0.05, 0) is 17.7 Å². The summed E-state index contributed by atoms with van der Waals surface area (Å²) in [4.78, 5) is 34.9. The van der Waals surface area contributed by atoms with Gasteiger partial charge in [-0.15, -0.1) is 0 Å². The fraction of sp³-hybridized carbons (Fsp3) is 0.200. The maximum Gasteiger partial charge on any atom is 0.308 e. The van der Waals surface area contributed by atoms with Crippen LogP contribution in [0.2, 0.25) is 0 Å². The Balaban J connectivity index is 1.68. The number of aromatic nitrogens is 2. The molecule has 0 bridgehead atoms. The molecule has 130 valence electrons. The molecule has 3 aromatic rings. The van der Waals surface area contributed by atoms with E-state index in [1.165, 1.54) is 0 Å². The Bertz CT molecular complexity index is 969. The molecule has 26 heavy (non-hydrogen) atoms. The van der Waals surface area contributed by atoms with E-state index in [-0.39, 0.29) is 18.4 Å². The van der Waals surface area contributed by atoms with E-state index in [2.05, 4.69) is 9.97 Å². The number of carbonyl (C=O) groups is 2. The van der Waals surface area contributed by atoms with E-state index in [1.807, 2.05) is 30.3 Å². The van der Waals surface area contributed by atoms with Crippen molar-refractivity contribution in [3.63, 3.8) is 0 Å². The molecule has 0 aliphatic carbocycles. The van der Waals surface area contributed by atoms with Crippen molar-refractivity contribution >= 4 is 22.9 Å². The minimum absolute atomic E-state index is 0.185. The van der Waals surface area contributed by atoms with Crippen LogP contribution in [0.4, 0.5) is 0 Å². The van der Waals surface area contributed by atoms with Gasteiger partial charge in [0.1, 0.15) is 5.52 Å². The Morgan fingerprint density at radius 3 is 2.50 bits per heavy atom. The molecule has 1 aliphatic heterocycles. The highest BCUT2D eigenvalue weighted by molar-refractivity contribution is 6.05. The van der Waals surface area contributed by atoms with Crippen LogP contribution in [0.5, 0.6) is 0 Å². The van der Waals surface area contributed by atoms with Gasteiger partial charge in [0.25, 0.3) is 5.91 Å². The Kier molecular flexibility index (Phi) is 4.08. The predicted octanol–water partition coefficient (Wildman–Crippen LogP) is 2.57. The van der Waals surface area contributed by atoms with Crippen molar-refractivity contribution in [2.45, 2.75) is 5.92 Å². The smallest absolute Gasteiger partial charge is 0.308 e. The summed E-state index contributed by atoms with van der Waals surface area (Å²) in [7, 11) is 0. The number of para-hydroxylation sites is 1. The lowest BCUT2D eigenvalue weighted by Gasteiger charge is -2.17. The average molecular weight is 347 g/mol. The summed E-state index contributed by atoms with van der Waals surface area (Å²) in [6.07, 6.45) is 3.13. The Morgan fingerprint density at radius 2 is 1.73 bits per heavy atom. The molecule has 2 heterocycles. The maximum atomic E-state index is 13.1. The normalized spacial score (nSPS) is 19.6. The summed E-state index contributed by atoms with van der Waals surface area (Å²) in [5.74, 6) is -1.94. The molecular weight excluding hydrogens is 330 g/mol. The molecule has 6 nitrogen and oxygen atoms in total. The van der Waals surface area contributed by atoms with Crippen molar-refractivity contribution < 1.29 is 14.7 Å². The highest BCUT2D eigenvalue weighted by Gasteiger charge is 2.40. The highest BCUT2D eigenvalue weighted by Crippen LogP contribution is 2.34. The minimum atomic E-state index is -0.883. The standard InChI is InChI=1S/C20H17N3O3/c24-19(14-7-4-8-17-18(14)22-10-9-21-17)23-11-15(16(12-23)20(25)26)13-5-2-1-3-6-13/h1-10,15-16H,11-12H2,(H,25,26)/t15-,16+/m0/s1. The summed E-state index contributed by atoms with van der Waals surface area (Å²) >= 11 is 0. The van der Waals surface area contributed by atoms with Gasteiger partial charge in [0.2, 0.25) is 0 Å². The number of amides is 1. The summed E-state index contributed by atoms with van der Waals surface area (Å²) in [6.45, 7) is 0.556. The van der Waals surface area contributed by atoms with Crippen LogP contribution in [0, 0.1) is 5.92 Å². The molecular formula is C20H17N3O3. The number of aliphatic carboxylic acids is 1. The molecule has 6 heteroatoms. The van der Waals surface area contributed by atoms with Crippen LogP contribution in [0.1, 0.15) is 21.8 Å². The quantitative estimate of drug-likeness (QED) is 0.787. The van der Waals surface area contributed by atoms with Crippen LogP contribution in [0.25, 0.3) is 11.0 Å². The number of benzene rings is 2. The fourth-order valence-corrected chi connectivity index (χ4v) is 3.59. The molecule has 2 aromatic carbocycles. The van der Waals surface area contributed by atoms with E-state index in [9.17, 15) is 14.7 Å². The maximum absolute atomic E-state index is 13.1. The van der Waals surface area contributed by atoms with Crippen LogP contribution >= 0.6 is 0 Å². The van der Waals surface area contributed by atoms with Crippen molar-refractivity contribution in [1.82, 2.24) is 14.9 Å². The van der Waals surface area contributed by atoms with Gasteiger partial charge >= 0.3 is 5.97 Å². The van der Waals surface area contributed by atoms with E-state index in [1.54, 1.807) is 35.5 Å². The zero-order valence-corrected chi connectivity index (χ0v) is 13.9. The Labute approximate surface area is 150 Å². The lowest BCUT2D eigenvalue weighted by molar-refractivity contribution is -0.141. The van der Waals surface area contributed by atoms with Crippen molar-refractivity contribution in [2.24, 2.45) is 5.92 Å². The summed E-state index contributed by atoms with van der Waals surface area (Å²) in [5.41, 5.74) is 2.57. The largest absolute Gasteiger partial charge is 0.481 e. The predicted molar refractivity (Wildman–Crippen MR) is 95.8 cm³/mol. The molecule has 1 saturated heterocycles. The first kappa shape index (κ1) is 16.2. The number of carboxylic acid groups (broad SMARTS) is 1. The number of carboxylic acids is 1. The molecule has 4 rings (SSSR count). The molecule has 1 amide bonds. The molecule has 1 N–H and O–H groups in total. The average Bonchev–Trinajstić information content (AvgIpc) is 3.13. The third-order valence-electron chi connectivity index (χ3n) is 4.88. The Morgan fingerprint density at radius 1 is 0.962 bits per heavy atom. The van der Waals surface area contributed by atoms with Crippen LogP contribution in [0.15, 0.2) is 60.9 Å². The second-order valence-electron chi connectivity index (χ2n) is 6.40. The number of hydrogen-bond donors (Lipinski definition) is 1. The van der Waals surface area contributed by atoms with E-state index in [4.69, 9.17) is 0 Å². The van der Waals surface area contributed by atoms with Crippen molar-refractivity contribution in [3.05, 3.63) is 72.1 Å². The molecule has 1 fully saturated rings. The van der Waals surface area contributed by atoms with Gasteiger partial charge in [-0.25, -0.2) is 0 Å². The molecule has 1 aliphatic rings. The van der Waals surface area contributed by atoms with E-state index in [0.717, 1.165) is 5.56 Å². The van der Waals surface area contributed by atoms with Gasteiger partial charge < -0.3 is 10.0 Å². The second kappa shape index (κ2) is 6.55. The second-order valence-corrected chi connectivity index (χ2v) is 6.40. The Hall–Kier alpha value is -3.28. The van der Waals surface area contributed by atoms with E-state index in [0.29, 0.717) is 23.1 Å². The lowest BCUT2D eigenvalue weighted by atomic mass is 9.89. The van der Waals surface area contributed by atoms with Gasteiger partial charge in [0.05, 0.1) is 17.0 Å². The number of likely N-dealkylation sites (tertiary alicyclic amines) is 1. The summed E-state index contributed by atoms with van der Waals surface area (Å²) < 4.78 is 0. The molecule has 0 spiro atoms. The van der Waals surface area contributed by atoms with Gasteiger partial charge in [-0.2, -0.15) is 0 Å². The highest BCUT2D eigenvalue weighted by atomic mass is 16.4. The minimum Gasteiger partial charge on any atom is -0.481 e. The van der Waals surface area contributed by atoms with Crippen molar-refractivity contribution in [1.29, 1.82) is 0 Å². The number of carbonyl (C=O) groups excluding carboxylic acids is 1. The van der Waals surface area contributed by atoms with E-state index < -0.39 is 11.9 Å². The first-order chi connectivity index (χ1) is 12.6. The van der Waals surface area contributed by atoms with Crippen molar-refractivity contribution in [3.8, 4) is 0 Å². The molecule has 2 atom stereocenters. The molecule has 0 saturated carbocycles. The first-order valence-corrected chi connectivity index (χ1v) is 8.42. The number of hydrogen-bond acceptors (Lipinski definition) is 4. The SMILES string of the molecule is O=C(O)[C@@H]1CN(C(=O)c2cccc3nccnc23)C[C@H]1c1ccccc1. The van der Waals surface area contributed by atoms with Crippen molar-refractivity contribution in [2.75, 3.05) is 13.1 Å². The third kappa shape index (κ3) is 2.79. The van der Waals surface area contributed by atoms with Crippen LogP contribution in [-0.2, 0) is 4.79 Å². The monoisotopic (exact) mass is 347 g/mol. The topological polar surface area (TPSA) is 83.4 Å². The zero-order chi connectivity index (χ0) is 18.1. The number of nitrogens with zero attached hydrogens (tertiary/aromatic N) is 3. The van der Waals surface area contributed by atoms with Gasteiger partial charge in [0.15, 0.2) is 0 Å². The number of fused-ring (bicyclic) bond motifs is 1. The summed E-state index contributed by atoms with van der Waals surface area (Å²) in [5, 5.41) is 9.63. The van der Waals surface area contributed by atoms with Crippen LogP contribution < -0.4 is 0 Å². The zero-order valence-electron chi connectivity index (χ0n) is 13.9. The lowest BCUT2D eigenvalue weighted by Crippen LogP contribution is -2.30. The number of rotatable bonds is 3. The van der Waals surface area contributed by atoms with Gasteiger partial charge in [0, 0.05) is 31.4 Å². The van der Waals surface area contributed by atoms with Crippen LogP contribution in [-0.4, -0.2) is 44.9 Å². The summed E-state index contributed by atoms with van der Waals surface area (Å²) in [6, 6.07) is 14.8. The molecule has 0 unspecified atom stereocenters. The first-order valence-electron chi connectivity index (χ1n) is 8.42.